The van der Waals surface area contributed by atoms with Gasteiger partial charge >= 0.3 is 0 Å². The molecular formula is C16H20F2N2O4S. The van der Waals surface area contributed by atoms with Crippen LogP contribution in [0.4, 0.5) is 8.78 Å². The molecule has 1 aromatic carbocycles. The van der Waals surface area contributed by atoms with E-state index >= 15 is 0 Å². The monoisotopic (exact) mass is 374 g/mol. The predicted molar refractivity (Wildman–Crippen MR) is 87.1 cm³/mol. The molecule has 1 unspecified atom stereocenters. The molecule has 6 nitrogen and oxygen atoms in total. The molecule has 2 aliphatic rings. The summed E-state index contributed by atoms with van der Waals surface area (Å²) in [6.07, 6.45) is 0.642. The normalized spacial score (nSPS) is 23.6. The van der Waals surface area contributed by atoms with Crippen molar-refractivity contribution in [2.75, 3.05) is 44.3 Å². The van der Waals surface area contributed by atoms with Crippen LogP contribution in [0.15, 0.2) is 18.2 Å². The lowest BCUT2D eigenvalue weighted by atomic mass is 10.2. The Morgan fingerprint density at radius 2 is 1.92 bits per heavy atom. The Kier molecular flexibility index (Phi) is 5.24. The molecular weight excluding hydrogens is 354 g/mol. The highest BCUT2D eigenvalue weighted by atomic mass is 32.2. The lowest BCUT2D eigenvalue weighted by molar-refractivity contribution is -0.135. The van der Waals surface area contributed by atoms with Crippen LogP contribution in [0.1, 0.15) is 6.42 Å². The van der Waals surface area contributed by atoms with Crippen LogP contribution in [0.2, 0.25) is 0 Å². The summed E-state index contributed by atoms with van der Waals surface area (Å²) in [7, 11) is -2.93. The highest BCUT2D eigenvalue weighted by Gasteiger charge is 2.34. The number of hydrogen-bond acceptors (Lipinski definition) is 5. The maximum Gasteiger partial charge on any atom is 0.260 e. The molecule has 2 fully saturated rings. The molecule has 0 radical (unpaired) electrons. The maximum absolute atomic E-state index is 13.5. The molecule has 0 saturated carbocycles. The molecule has 2 saturated heterocycles. The van der Waals surface area contributed by atoms with Gasteiger partial charge in [-0.2, -0.15) is 0 Å². The Bertz CT molecular complexity index is 749. The van der Waals surface area contributed by atoms with Crippen molar-refractivity contribution in [1.29, 1.82) is 0 Å². The fraction of sp³-hybridized carbons (Fsp3) is 0.562. The molecule has 138 valence electrons. The quantitative estimate of drug-likeness (QED) is 0.775. The third kappa shape index (κ3) is 4.46. The van der Waals surface area contributed by atoms with E-state index in [1.165, 1.54) is 0 Å². The second kappa shape index (κ2) is 7.25. The van der Waals surface area contributed by atoms with Gasteiger partial charge in [0, 0.05) is 38.3 Å². The summed E-state index contributed by atoms with van der Waals surface area (Å²) in [5.74, 6) is -1.57. The zero-order valence-electron chi connectivity index (χ0n) is 13.7. The van der Waals surface area contributed by atoms with Gasteiger partial charge in [0.1, 0.15) is 5.82 Å². The van der Waals surface area contributed by atoms with Crippen LogP contribution < -0.4 is 4.74 Å². The van der Waals surface area contributed by atoms with E-state index in [1.54, 1.807) is 4.90 Å². The summed E-state index contributed by atoms with van der Waals surface area (Å²) < 4.78 is 54.6. The third-order valence-corrected chi connectivity index (χ3v) is 6.39. The van der Waals surface area contributed by atoms with Crippen LogP contribution in [-0.4, -0.2) is 74.5 Å². The van der Waals surface area contributed by atoms with Gasteiger partial charge in [0.05, 0.1) is 11.5 Å². The molecule has 1 amide bonds. The summed E-state index contributed by atoms with van der Waals surface area (Å²) in [6, 6.07) is 2.95. The number of hydrogen-bond donors (Lipinski definition) is 0. The molecule has 2 aliphatic heterocycles. The number of rotatable bonds is 4. The van der Waals surface area contributed by atoms with Crippen molar-refractivity contribution in [3.63, 3.8) is 0 Å². The molecule has 0 N–H and O–H groups in total. The van der Waals surface area contributed by atoms with E-state index in [1.807, 2.05) is 0 Å². The summed E-state index contributed by atoms with van der Waals surface area (Å²) in [6.45, 7) is 1.85. The minimum absolute atomic E-state index is 0.0341. The van der Waals surface area contributed by atoms with Gasteiger partial charge in [0.15, 0.2) is 28.0 Å². The smallest absolute Gasteiger partial charge is 0.260 e. The first-order valence-electron chi connectivity index (χ1n) is 8.14. The number of nitrogens with zero attached hydrogens (tertiary/aromatic N) is 2. The van der Waals surface area contributed by atoms with Crippen LogP contribution >= 0.6 is 0 Å². The van der Waals surface area contributed by atoms with Crippen molar-refractivity contribution in [3.8, 4) is 5.75 Å². The minimum Gasteiger partial charge on any atom is -0.481 e. The van der Waals surface area contributed by atoms with E-state index in [0.29, 0.717) is 38.7 Å². The van der Waals surface area contributed by atoms with Crippen LogP contribution in [-0.2, 0) is 14.6 Å². The first-order valence-corrected chi connectivity index (χ1v) is 9.96. The SMILES string of the molecule is O=C(COc1ccc(F)cc1F)N1CCN(C2CCS(=O)(=O)C2)CC1. The molecule has 25 heavy (non-hydrogen) atoms. The van der Waals surface area contributed by atoms with Gasteiger partial charge in [-0.15, -0.1) is 0 Å². The molecule has 2 heterocycles. The van der Waals surface area contributed by atoms with E-state index in [4.69, 9.17) is 4.74 Å². The second-order valence-electron chi connectivity index (χ2n) is 6.34. The van der Waals surface area contributed by atoms with E-state index in [0.717, 1.165) is 12.1 Å². The number of sulfone groups is 1. The first-order chi connectivity index (χ1) is 11.8. The number of carbonyl (C=O) groups excluding carboxylic acids is 1. The van der Waals surface area contributed by atoms with Crippen molar-refractivity contribution in [2.24, 2.45) is 0 Å². The average Bonchev–Trinajstić information content (AvgIpc) is 2.94. The van der Waals surface area contributed by atoms with E-state index in [9.17, 15) is 22.0 Å². The third-order valence-electron chi connectivity index (χ3n) is 4.64. The Hall–Kier alpha value is -1.74. The fourth-order valence-corrected chi connectivity index (χ4v) is 4.98. The number of benzene rings is 1. The Morgan fingerprint density at radius 1 is 1.20 bits per heavy atom. The van der Waals surface area contributed by atoms with Gasteiger partial charge in [-0.3, -0.25) is 9.69 Å². The van der Waals surface area contributed by atoms with Gasteiger partial charge in [-0.05, 0) is 18.6 Å². The summed E-state index contributed by atoms with van der Waals surface area (Å²) in [4.78, 5) is 15.9. The standard InChI is InChI=1S/C16H20F2N2O4S/c17-12-1-2-15(14(18)9-12)24-10-16(21)20-6-4-19(5-7-20)13-3-8-25(22,23)11-13/h1-2,9,13H,3-8,10-11H2. The summed E-state index contributed by atoms with van der Waals surface area (Å²) >= 11 is 0. The van der Waals surface area contributed by atoms with Crippen molar-refractivity contribution < 1.29 is 26.7 Å². The largest absolute Gasteiger partial charge is 0.481 e. The van der Waals surface area contributed by atoms with Crippen molar-refractivity contribution in [3.05, 3.63) is 29.8 Å². The van der Waals surface area contributed by atoms with Crippen LogP contribution in [0.3, 0.4) is 0 Å². The van der Waals surface area contributed by atoms with E-state index in [-0.39, 0.29) is 35.8 Å². The van der Waals surface area contributed by atoms with Crippen LogP contribution in [0.25, 0.3) is 0 Å². The molecule has 0 spiro atoms. The van der Waals surface area contributed by atoms with Gasteiger partial charge in [-0.1, -0.05) is 0 Å². The highest BCUT2D eigenvalue weighted by molar-refractivity contribution is 7.91. The Balaban J connectivity index is 1.47. The van der Waals surface area contributed by atoms with Crippen LogP contribution in [0.5, 0.6) is 5.75 Å². The Morgan fingerprint density at radius 3 is 2.52 bits per heavy atom. The van der Waals surface area contributed by atoms with E-state index in [2.05, 4.69) is 4.90 Å². The zero-order chi connectivity index (χ0) is 18.0. The zero-order valence-corrected chi connectivity index (χ0v) is 14.5. The van der Waals surface area contributed by atoms with Gasteiger partial charge < -0.3 is 9.64 Å². The number of amides is 1. The number of carbonyl (C=O) groups is 1. The number of halogens is 2. The second-order valence-corrected chi connectivity index (χ2v) is 8.57. The lowest BCUT2D eigenvalue weighted by Gasteiger charge is -2.37. The van der Waals surface area contributed by atoms with Crippen molar-refractivity contribution in [1.82, 2.24) is 9.80 Å². The summed E-state index contributed by atoms with van der Waals surface area (Å²) in [5, 5.41) is 0. The van der Waals surface area contributed by atoms with Gasteiger partial charge in [0.25, 0.3) is 5.91 Å². The number of piperazine rings is 1. The molecule has 0 bridgehead atoms. The average molecular weight is 374 g/mol. The van der Waals surface area contributed by atoms with E-state index < -0.39 is 21.5 Å². The number of ether oxygens (including phenoxy) is 1. The Labute approximate surface area is 145 Å². The first kappa shape index (κ1) is 18.1. The predicted octanol–water partition coefficient (Wildman–Crippen LogP) is 0.675. The molecule has 0 aliphatic carbocycles. The lowest BCUT2D eigenvalue weighted by Crippen LogP contribution is -2.53. The fourth-order valence-electron chi connectivity index (χ4n) is 3.22. The maximum atomic E-state index is 13.5. The minimum atomic E-state index is -2.93. The van der Waals surface area contributed by atoms with Gasteiger partial charge in [0.2, 0.25) is 0 Å². The van der Waals surface area contributed by atoms with Gasteiger partial charge in [-0.25, -0.2) is 17.2 Å². The molecule has 1 aromatic rings. The summed E-state index contributed by atoms with van der Waals surface area (Å²) in [5.41, 5.74) is 0. The molecule has 1 atom stereocenters. The van der Waals surface area contributed by atoms with Crippen LogP contribution in [0, 0.1) is 11.6 Å². The molecule has 0 aromatic heterocycles. The van der Waals surface area contributed by atoms with Crippen molar-refractivity contribution in [2.45, 2.75) is 12.5 Å². The molecule has 3 rings (SSSR count). The molecule has 9 heteroatoms. The topological polar surface area (TPSA) is 66.9 Å². The highest BCUT2D eigenvalue weighted by Crippen LogP contribution is 2.20. The van der Waals surface area contributed by atoms with Crippen molar-refractivity contribution >= 4 is 15.7 Å².